The van der Waals surface area contributed by atoms with Crippen LogP contribution < -0.4 is 0 Å². The van der Waals surface area contributed by atoms with Gasteiger partial charge in [0.1, 0.15) is 0 Å². The van der Waals surface area contributed by atoms with Crippen molar-refractivity contribution >= 4 is 10.8 Å². The highest BCUT2D eigenvalue weighted by Gasteiger charge is 2.22. The van der Waals surface area contributed by atoms with Gasteiger partial charge in [-0.15, -0.1) is 0 Å². The predicted molar refractivity (Wildman–Crippen MR) is 130 cm³/mol. The van der Waals surface area contributed by atoms with Crippen LogP contribution in [0.1, 0.15) is 121 Å². The third-order valence-electron chi connectivity index (χ3n) is 7.28. The van der Waals surface area contributed by atoms with E-state index in [-0.39, 0.29) is 0 Å². The minimum Gasteiger partial charge on any atom is -0.0654 e. The van der Waals surface area contributed by atoms with Crippen LogP contribution in [0, 0.1) is 5.92 Å². The second-order valence-electron chi connectivity index (χ2n) is 9.67. The van der Waals surface area contributed by atoms with Gasteiger partial charge in [0.05, 0.1) is 0 Å². The van der Waals surface area contributed by atoms with E-state index in [9.17, 15) is 0 Å². The summed E-state index contributed by atoms with van der Waals surface area (Å²) in [6.07, 6.45) is 21.0. The van der Waals surface area contributed by atoms with Crippen molar-refractivity contribution < 1.29 is 0 Å². The van der Waals surface area contributed by atoms with Gasteiger partial charge in [0.15, 0.2) is 0 Å². The normalized spacial score (nSPS) is 19.7. The molecule has 2 aromatic rings. The zero-order valence-corrected chi connectivity index (χ0v) is 19.2. The number of benzene rings is 2. The van der Waals surface area contributed by atoms with Gasteiger partial charge >= 0.3 is 0 Å². The Kier molecular flexibility index (Phi) is 9.58. The van der Waals surface area contributed by atoms with E-state index in [2.05, 4.69) is 50.2 Å². The van der Waals surface area contributed by atoms with E-state index < -0.39 is 0 Å². The van der Waals surface area contributed by atoms with E-state index in [1.54, 1.807) is 5.56 Å². The lowest BCUT2D eigenvalue weighted by Crippen LogP contribution is -2.13. The molecule has 0 atom stereocenters. The SMILES string of the molecule is CCCCCCCCC1CCC(c2ccc3cc(CCCCC)ccc3c2)CC1. The molecule has 1 saturated carbocycles. The minimum atomic E-state index is 0.796. The van der Waals surface area contributed by atoms with E-state index in [4.69, 9.17) is 0 Å². The summed E-state index contributed by atoms with van der Waals surface area (Å²) in [6, 6.07) is 14.5. The second-order valence-corrected chi connectivity index (χ2v) is 9.67. The predicted octanol–water partition coefficient (Wildman–Crippen LogP) is 9.60. The van der Waals surface area contributed by atoms with Crippen LogP contribution in [0.2, 0.25) is 0 Å². The van der Waals surface area contributed by atoms with Crippen molar-refractivity contribution in [2.75, 3.05) is 0 Å². The van der Waals surface area contributed by atoms with Crippen molar-refractivity contribution in [2.45, 2.75) is 116 Å². The standard InChI is InChI=1S/C29H44/c1-3-5-7-8-9-11-12-24-14-17-26(18-15-24)28-21-20-27-22-25(13-10-6-4-2)16-19-29(27)23-28/h16,19-24,26H,3-15,17-18H2,1-2H3. The Balaban J connectivity index is 1.45. The first-order valence-electron chi connectivity index (χ1n) is 12.8. The first-order valence-corrected chi connectivity index (χ1v) is 12.8. The number of hydrogen-bond acceptors (Lipinski definition) is 0. The Hall–Kier alpha value is -1.30. The summed E-state index contributed by atoms with van der Waals surface area (Å²) < 4.78 is 0. The van der Waals surface area contributed by atoms with Crippen LogP contribution in [0.3, 0.4) is 0 Å². The smallest absolute Gasteiger partial charge is 0.0162 e. The van der Waals surface area contributed by atoms with Gasteiger partial charge in [0.2, 0.25) is 0 Å². The Morgan fingerprint density at radius 2 is 1.31 bits per heavy atom. The molecule has 0 aromatic heterocycles. The molecular weight excluding hydrogens is 348 g/mol. The van der Waals surface area contributed by atoms with Crippen molar-refractivity contribution in [3.8, 4) is 0 Å². The van der Waals surface area contributed by atoms with Crippen LogP contribution in [0.4, 0.5) is 0 Å². The maximum Gasteiger partial charge on any atom is -0.0162 e. The number of hydrogen-bond donors (Lipinski definition) is 0. The van der Waals surface area contributed by atoms with Crippen LogP contribution >= 0.6 is 0 Å². The maximum absolute atomic E-state index is 2.49. The monoisotopic (exact) mass is 392 g/mol. The summed E-state index contributed by atoms with van der Waals surface area (Å²) in [7, 11) is 0. The molecule has 1 aliphatic carbocycles. The number of fused-ring (bicyclic) bond motifs is 1. The molecule has 0 heteroatoms. The molecule has 0 saturated heterocycles. The Labute approximate surface area is 180 Å². The molecule has 0 amide bonds. The number of unbranched alkanes of at least 4 members (excludes halogenated alkanes) is 7. The third kappa shape index (κ3) is 7.16. The van der Waals surface area contributed by atoms with E-state index in [0.29, 0.717) is 0 Å². The zero-order chi connectivity index (χ0) is 20.3. The van der Waals surface area contributed by atoms with Crippen molar-refractivity contribution in [3.05, 3.63) is 47.5 Å². The molecule has 2 aromatic carbocycles. The van der Waals surface area contributed by atoms with E-state index in [0.717, 1.165) is 11.8 Å². The molecule has 160 valence electrons. The van der Waals surface area contributed by atoms with Crippen LogP contribution in [-0.2, 0) is 6.42 Å². The molecule has 0 heterocycles. The fourth-order valence-electron chi connectivity index (χ4n) is 5.30. The lowest BCUT2D eigenvalue weighted by molar-refractivity contribution is 0.302. The van der Waals surface area contributed by atoms with Gasteiger partial charge in [-0.1, -0.05) is 108 Å². The van der Waals surface area contributed by atoms with Crippen LogP contribution in [-0.4, -0.2) is 0 Å². The van der Waals surface area contributed by atoms with Crippen LogP contribution in [0.5, 0.6) is 0 Å². The van der Waals surface area contributed by atoms with Crippen molar-refractivity contribution in [2.24, 2.45) is 5.92 Å². The first-order chi connectivity index (χ1) is 14.3. The van der Waals surface area contributed by atoms with Gasteiger partial charge < -0.3 is 0 Å². The fraction of sp³-hybridized carbons (Fsp3) is 0.655. The van der Waals surface area contributed by atoms with Crippen molar-refractivity contribution in [1.82, 2.24) is 0 Å². The van der Waals surface area contributed by atoms with Crippen LogP contribution in [0.25, 0.3) is 10.8 Å². The van der Waals surface area contributed by atoms with Crippen molar-refractivity contribution in [3.63, 3.8) is 0 Å². The van der Waals surface area contributed by atoms with Gasteiger partial charge in [-0.05, 0) is 72.3 Å². The van der Waals surface area contributed by atoms with E-state index in [1.165, 1.54) is 113 Å². The highest BCUT2D eigenvalue weighted by atomic mass is 14.3. The van der Waals surface area contributed by atoms with Crippen molar-refractivity contribution in [1.29, 1.82) is 0 Å². The zero-order valence-electron chi connectivity index (χ0n) is 19.2. The average molecular weight is 393 g/mol. The average Bonchev–Trinajstić information content (AvgIpc) is 2.76. The summed E-state index contributed by atoms with van der Waals surface area (Å²) in [5, 5.41) is 2.87. The van der Waals surface area contributed by atoms with Crippen LogP contribution in [0.15, 0.2) is 36.4 Å². The molecule has 3 rings (SSSR count). The Morgan fingerprint density at radius 3 is 2.10 bits per heavy atom. The summed E-state index contributed by atoms with van der Waals surface area (Å²) in [4.78, 5) is 0. The number of rotatable bonds is 12. The number of aryl methyl sites for hydroxylation is 1. The third-order valence-corrected chi connectivity index (χ3v) is 7.28. The summed E-state index contributed by atoms with van der Waals surface area (Å²) in [5.41, 5.74) is 3.10. The molecule has 0 nitrogen and oxygen atoms in total. The Bertz CT molecular complexity index is 705. The molecule has 1 aliphatic rings. The topological polar surface area (TPSA) is 0 Å². The highest BCUT2D eigenvalue weighted by Crippen LogP contribution is 2.38. The fourth-order valence-corrected chi connectivity index (χ4v) is 5.30. The molecule has 0 spiro atoms. The molecule has 1 fully saturated rings. The van der Waals surface area contributed by atoms with E-state index >= 15 is 0 Å². The second kappa shape index (κ2) is 12.4. The molecule has 0 N–H and O–H groups in total. The van der Waals surface area contributed by atoms with Gasteiger partial charge in [-0.3, -0.25) is 0 Å². The van der Waals surface area contributed by atoms with Gasteiger partial charge in [-0.25, -0.2) is 0 Å². The molecule has 29 heavy (non-hydrogen) atoms. The largest absolute Gasteiger partial charge is 0.0654 e. The summed E-state index contributed by atoms with van der Waals surface area (Å²) in [6.45, 7) is 4.59. The quantitative estimate of drug-likeness (QED) is 0.315. The molecule has 0 bridgehead atoms. The van der Waals surface area contributed by atoms with E-state index in [1.807, 2.05) is 0 Å². The molecule has 0 aliphatic heterocycles. The lowest BCUT2D eigenvalue weighted by atomic mass is 9.76. The molecule has 0 radical (unpaired) electrons. The summed E-state index contributed by atoms with van der Waals surface area (Å²) in [5.74, 6) is 1.80. The highest BCUT2D eigenvalue weighted by molar-refractivity contribution is 5.84. The minimum absolute atomic E-state index is 0.796. The first kappa shape index (κ1) is 22.4. The summed E-state index contributed by atoms with van der Waals surface area (Å²) >= 11 is 0. The Morgan fingerprint density at radius 1 is 0.655 bits per heavy atom. The van der Waals surface area contributed by atoms with Gasteiger partial charge in [0.25, 0.3) is 0 Å². The lowest BCUT2D eigenvalue weighted by Gasteiger charge is -2.29. The molecular formula is C29H44. The molecule has 0 unspecified atom stereocenters. The van der Waals surface area contributed by atoms with Gasteiger partial charge in [0, 0.05) is 0 Å². The maximum atomic E-state index is 2.49. The van der Waals surface area contributed by atoms with Gasteiger partial charge in [-0.2, -0.15) is 0 Å².